The molecule has 2 aromatic carbocycles. The molecule has 0 spiro atoms. The lowest BCUT2D eigenvalue weighted by atomic mass is 10.1. The fraction of sp³-hybridized carbons (Fsp3) is 0.381. The van der Waals surface area contributed by atoms with Gasteiger partial charge in [-0.25, -0.2) is 4.39 Å². The summed E-state index contributed by atoms with van der Waals surface area (Å²) in [5.41, 5.74) is 1.03. The molecule has 0 aliphatic rings. The lowest BCUT2D eigenvalue weighted by Gasteiger charge is -2.22. The van der Waals surface area contributed by atoms with Gasteiger partial charge in [-0.15, -0.1) is 0 Å². The Hall–Kier alpha value is -2.96. The Morgan fingerprint density at radius 3 is 2.71 bits per heavy atom. The van der Waals surface area contributed by atoms with Crippen LogP contribution < -0.4 is 14.8 Å². The fourth-order valence-electron chi connectivity index (χ4n) is 2.60. The van der Waals surface area contributed by atoms with Crippen LogP contribution in [0.4, 0.5) is 4.39 Å². The van der Waals surface area contributed by atoms with Gasteiger partial charge in [0.1, 0.15) is 6.61 Å². The summed E-state index contributed by atoms with van der Waals surface area (Å²) in [4.78, 5) is 6.57. The van der Waals surface area contributed by atoms with Crippen LogP contribution in [0, 0.1) is 5.82 Å². The van der Waals surface area contributed by atoms with Crippen molar-refractivity contribution in [3.63, 3.8) is 0 Å². The van der Waals surface area contributed by atoms with Crippen molar-refractivity contribution in [1.82, 2.24) is 10.2 Å². The summed E-state index contributed by atoms with van der Waals surface area (Å²) in [5, 5.41) is 12.9. The van der Waals surface area contributed by atoms with Gasteiger partial charge in [-0.2, -0.15) is 0 Å². The zero-order chi connectivity index (χ0) is 20.4. The highest BCUT2D eigenvalue weighted by molar-refractivity contribution is 5.79. The Morgan fingerprint density at radius 2 is 2.00 bits per heavy atom. The van der Waals surface area contributed by atoms with E-state index in [2.05, 4.69) is 10.3 Å². The summed E-state index contributed by atoms with van der Waals surface area (Å²) in [6.45, 7) is 4.23. The van der Waals surface area contributed by atoms with Crippen molar-refractivity contribution in [1.29, 1.82) is 0 Å². The van der Waals surface area contributed by atoms with Gasteiger partial charge >= 0.3 is 0 Å². The maximum absolute atomic E-state index is 13.6. The second-order valence-electron chi connectivity index (χ2n) is 6.19. The number of halogens is 1. The van der Waals surface area contributed by atoms with Crippen LogP contribution >= 0.6 is 0 Å². The molecule has 2 aromatic rings. The number of hydrogen-bond acceptors (Lipinski definition) is 4. The first-order valence-electron chi connectivity index (χ1n) is 9.27. The average molecular weight is 389 g/mol. The third kappa shape index (κ3) is 6.33. The molecule has 0 saturated heterocycles. The lowest BCUT2D eigenvalue weighted by molar-refractivity contribution is 0.270. The van der Waals surface area contributed by atoms with E-state index in [1.165, 1.54) is 13.2 Å². The smallest absolute Gasteiger partial charge is 0.193 e. The molecule has 0 aliphatic carbocycles. The molecule has 0 amide bonds. The number of ether oxygens (including phenoxy) is 2. The van der Waals surface area contributed by atoms with Gasteiger partial charge < -0.3 is 24.8 Å². The van der Waals surface area contributed by atoms with Gasteiger partial charge in [0.05, 0.1) is 13.7 Å². The summed E-state index contributed by atoms with van der Waals surface area (Å²) >= 11 is 0. The Morgan fingerprint density at radius 1 is 1.21 bits per heavy atom. The predicted octanol–water partition coefficient (Wildman–Crippen LogP) is 3.06. The molecule has 0 fully saturated rings. The summed E-state index contributed by atoms with van der Waals surface area (Å²) in [5.74, 6) is 1.22. The van der Waals surface area contributed by atoms with Crippen molar-refractivity contribution in [2.45, 2.75) is 13.3 Å². The van der Waals surface area contributed by atoms with E-state index in [-0.39, 0.29) is 17.3 Å². The maximum atomic E-state index is 13.6. The molecule has 0 aliphatic heterocycles. The second-order valence-corrected chi connectivity index (χ2v) is 6.19. The summed E-state index contributed by atoms with van der Waals surface area (Å²) in [7, 11) is 3.44. The number of guanidine groups is 1. The topological polar surface area (TPSA) is 66.3 Å². The molecule has 0 radical (unpaired) electrons. The van der Waals surface area contributed by atoms with Gasteiger partial charge in [0.2, 0.25) is 0 Å². The van der Waals surface area contributed by atoms with Gasteiger partial charge in [-0.1, -0.05) is 18.2 Å². The maximum Gasteiger partial charge on any atom is 0.193 e. The van der Waals surface area contributed by atoms with E-state index in [1.807, 2.05) is 31.0 Å². The number of nitrogens with zero attached hydrogens (tertiary/aromatic N) is 2. The Bertz CT molecular complexity index is 783. The normalized spacial score (nSPS) is 11.2. The molecule has 0 aromatic heterocycles. The number of aliphatic imine (C=N–C) groups is 1. The van der Waals surface area contributed by atoms with Crippen molar-refractivity contribution >= 4 is 5.96 Å². The molecule has 2 N–H and O–H groups in total. The second kappa shape index (κ2) is 11.0. The molecular weight excluding hydrogens is 361 g/mol. The van der Waals surface area contributed by atoms with Crippen molar-refractivity contribution < 1.29 is 19.0 Å². The molecule has 28 heavy (non-hydrogen) atoms. The quantitative estimate of drug-likeness (QED) is 0.510. The Balaban J connectivity index is 1.88. The highest BCUT2D eigenvalue weighted by Crippen LogP contribution is 2.26. The van der Waals surface area contributed by atoms with E-state index >= 15 is 0 Å². The summed E-state index contributed by atoms with van der Waals surface area (Å²) in [6.07, 6.45) is 0.713. The molecule has 2 rings (SSSR count). The molecule has 6 nitrogen and oxygen atoms in total. The van der Waals surface area contributed by atoms with E-state index in [9.17, 15) is 9.50 Å². The number of rotatable bonds is 9. The molecule has 0 unspecified atom stereocenters. The molecule has 7 heteroatoms. The van der Waals surface area contributed by atoms with Crippen molar-refractivity contribution in [3.8, 4) is 17.2 Å². The van der Waals surface area contributed by atoms with Gasteiger partial charge in [0, 0.05) is 20.1 Å². The minimum Gasteiger partial charge on any atom is -0.504 e. The van der Waals surface area contributed by atoms with E-state index in [4.69, 9.17) is 9.47 Å². The van der Waals surface area contributed by atoms with Crippen LogP contribution in [-0.4, -0.2) is 56.4 Å². The third-order valence-corrected chi connectivity index (χ3v) is 4.12. The number of para-hydroxylation sites is 1. The van der Waals surface area contributed by atoms with Crippen LogP contribution in [0.5, 0.6) is 17.2 Å². The van der Waals surface area contributed by atoms with Crippen LogP contribution in [0.3, 0.4) is 0 Å². The molecule has 0 heterocycles. The molecular formula is C21H28FN3O3. The molecule has 0 saturated carbocycles. The number of nitrogens with one attached hydrogen (secondary N) is 1. The van der Waals surface area contributed by atoms with Crippen LogP contribution in [0.2, 0.25) is 0 Å². The number of aromatic hydroxyl groups is 1. The highest BCUT2D eigenvalue weighted by Gasteiger charge is 2.08. The van der Waals surface area contributed by atoms with Gasteiger partial charge in [0.25, 0.3) is 0 Å². The molecule has 0 atom stereocenters. The van der Waals surface area contributed by atoms with E-state index in [1.54, 1.807) is 24.3 Å². The van der Waals surface area contributed by atoms with E-state index < -0.39 is 0 Å². The van der Waals surface area contributed by atoms with Crippen molar-refractivity contribution in [2.24, 2.45) is 4.99 Å². The highest BCUT2D eigenvalue weighted by atomic mass is 19.1. The zero-order valence-electron chi connectivity index (χ0n) is 16.6. The van der Waals surface area contributed by atoms with Gasteiger partial charge in [-0.05, 0) is 43.2 Å². The molecule has 152 valence electrons. The number of benzene rings is 2. The standard InChI is InChI=1S/C21H28FN3O3/c1-4-23-21(24-12-11-16-9-10-18(26)20(15-16)27-3)25(2)13-14-28-19-8-6-5-7-17(19)22/h5-10,15,26H,4,11-14H2,1-3H3,(H,23,24). The first-order valence-corrected chi connectivity index (χ1v) is 9.27. The first-order chi connectivity index (χ1) is 13.5. The summed E-state index contributed by atoms with van der Waals surface area (Å²) in [6, 6.07) is 11.6. The predicted molar refractivity (Wildman–Crippen MR) is 109 cm³/mol. The molecule has 0 bridgehead atoms. The van der Waals surface area contributed by atoms with E-state index in [0.29, 0.717) is 31.9 Å². The monoisotopic (exact) mass is 389 g/mol. The fourth-order valence-corrected chi connectivity index (χ4v) is 2.60. The van der Waals surface area contributed by atoms with Crippen LogP contribution in [-0.2, 0) is 6.42 Å². The summed E-state index contributed by atoms with van der Waals surface area (Å²) < 4.78 is 24.2. The number of methoxy groups -OCH3 is 1. The van der Waals surface area contributed by atoms with Crippen molar-refractivity contribution in [3.05, 3.63) is 53.8 Å². The zero-order valence-corrected chi connectivity index (χ0v) is 16.6. The van der Waals surface area contributed by atoms with Crippen LogP contribution in [0.15, 0.2) is 47.5 Å². The van der Waals surface area contributed by atoms with E-state index in [0.717, 1.165) is 18.1 Å². The number of hydrogen-bond donors (Lipinski definition) is 2. The van der Waals surface area contributed by atoms with Crippen LogP contribution in [0.25, 0.3) is 0 Å². The minimum atomic E-state index is -0.366. The van der Waals surface area contributed by atoms with Gasteiger partial charge in [0.15, 0.2) is 29.0 Å². The third-order valence-electron chi connectivity index (χ3n) is 4.12. The number of phenolic OH excluding ortho intramolecular Hbond substituents is 1. The van der Waals surface area contributed by atoms with Gasteiger partial charge in [-0.3, -0.25) is 4.99 Å². The Labute approximate surface area is 165 Å². The largest absolute Gasteiger partial charge is 0.504 e. The van der Waals surface area contributed by atoms with Crippen molar-refractivity contribution in [2.75, 3.05) is 40.4 Å². The Kier molecular flexibility index (Phi) is 8.39. The number of phenols is 1. The average Bonchev–Trinajstić information content (AvgIpc) is 2.70. The minimum absolute atomic E-state index is 0.123. The first kappa shape index (κ1) is 21.3. The lowest BCUT2D eigenvalue weighted by Crippen LogP contribution is -2.41. The van der Waals surface area contributed by atoms with Crippen LogP contribution in [0.1, 0.15) is 12.5 Å². The SMILES string of the molecule is CCNC(=NCCc1ccc(O)c(OC)c1)N(C)CCOc1ccccc1F. The number of likely N-dealkylation sites (N-methyl/N-ethyl adjacent to an activating group) is 1.